The van der Waals surface area contributed by atoms with Crippen LogP contribution in [-0.2, 0) is 24.1 Å². The monoisotopic (exact) mass is 496 g/mol. The van der Waals surface area contributed by atoms with E-state index in [2.05, 4.69) is 22.1 Å². The number of amides is 1. The maximum absolute atomic E-state index is 13.1. The van der Waals surface area contributed by atoms with Gasteiger partial charge in [-0.1, -0.05) is 41.6 Å². The summed E-state index contributed by atoms with van der Waals surface area (Å²) in [6, 6.07) is 10.1. The zero-order chi connectivity index (χ0) is 24.0. The number of aromatic nitrogens is 3. The molecule has 1 amide bonds. The Hall–Kier alpha value is -2.98. The fraction of sp³-hybridized carbons (Fsp3) is 0.227. The molecule has 1 heterocycles. The van der Waals surface area contributed by atoms with Crippen LogP contribution < -0.4 is 10.1 Å². The van der Waals surface area contributed by atoms with E-state index in [1.807, 2.05) is 6.92 Å². The molecule has 1 N–H and O–H groups in total. The number of hydrogen-bond acceptors (Lipinski definition) is 5. The van der Waals surface area contributed by atoms with Gasteiger partial charge in [-0.25, -0.2) is 0 Å². The van der Waals surface area contributed by atoms with Crippen LogP contribution in [0, 0.1) is 6.92 Å². The number of rotatable bonds is 9. The molecular formula is C22H20ClF3N4O2S. The van der Waals surface area contributed by atoms with Crippen molar-refractivity contribution in [2.75, 3.05) is 11.1 Å². The number of anilines is 1. The van der Waals surface area contributed by atoms with Gasteiger partial charge >= 0.3 is 6.18 Å². The van der Waals surface area contributed by atoms with Crippen molar-refractivity contribution >= 4 is 35.0 Å². The van der Waals surface area contributed by atoms with Crippen LogP contribution in [0.2, 0.25) is 5.02 Å². The van der Waals surface area contributed by atoms with E-state index in [0.717, 1.165) is 23.4 Å². The van der Waals surface area contributed by atoms with Gasteiger partial charge in [0.25, 0.3) is 0 Å². The second kappa shape index (κ2) is 10.8. The van der Waals surface area contributed by atoms with Gasteiger partial charge in [0.05, 0.1) is 17.0 Å². The maximum atomic E-state index is 13.1. The van der Waals surface area contributed by atoms with Crippen molar-refractivity contribution in [2.24, 2.45) is 0 Å². The minimum Gasteiger partial charge on any atom is -0.485 e. The number of nitrogens with one attached hydrogen (secondary N) is 1. The fourth-order valence-corrected chi connectivity index (χ4v) is 3.91. The Morgan fingerprint density at radius 1 is 1.27 bits per heavy atom. The number of nitrogens with zero attached hydrogens (tertiary/aromatic N) is 3. The number of carbonyl (C=O) groups is 1. The summed E-state index contributed by atoms with van der Waals surface area (Å²) in [4.78, 5) is 12.3. The van der Waals surface area contributed by atoms with Gasteiger partial charge in [0, 0.05) is 11.6 Å². The average Bonchev–Trinajstić information content (AvgIpc) is 3.13. The summed E-state index contributed by atoms with van der Waals surface area (Å²) in [5.41, 5.74) is -0.339. The summed E-state index contributed by atoms with van der Waals surface area (Å²) in [6.45, 7) is 6.07. The number of allylic oxidation sites excluding steroid dienone is 1. The normalized spacial score (nSPS) is 11.3. The van der Waals surface area contributed by atoms with Gasteiger partial charge in [0.15, 0.2) is 11.0 Å². The first-order valence-corrected chi connectivity index (χ1v) is 11.1. The SMILES string of the molecule is C=CCn1c(COc2ccc(Cl)cc2C)nnc1SCC(=O)Nc1ccccc1C(F)(F)F. The van der Waals surface area contributed by atoms with E-state index >= 15 is 0 Å². The van der Waals surface area contributed by atoms with Gasteiger partial charge < -0.3 is 10.1 Å². The number of halogens is 4. The van der Waals surface area contributed by atoms with Gasteiger partial charge in [-0.15, -0.1) is 16.8 Å². The predicted octanol–water partition coefficient (Wildman–Crippen LogP) is 5.75. The Balaban J connectivity index is 1.66. The molecule has 11 heteroatoms. The van der Waals surface area contributed by atoms with Gasteiger partial charge in [0.2, 0.25) is 5.91 Å². The summed E-state index contributed by atoms with van der Waals surface area (Å²) in [5.74, 6) is 0.400. The molecule has 0 aliphatic carbocycles. The van der Waals surface area contributed by atoms with Crippen molar-refractivity contribution in [1.82, 2.24) is 14.8 Å². The van der Waals surface area contributed by atoms with Crippen molar-refractivity contribution < 1.29 is 22.7 Å². The van der Waals surface area contributed by atoms with Crippen molar-refractivity contribution in [3.05, 3.63) is 77.1 Å². The predicted molar refractivity (Wildman–Crippen MR) is 122 cm³/mol. The van der Waals surface area contributed by atoms with Crippen LogP contribution in [0.5, 0.6) is 5.75 Å². The van der Waals surface area contributed by atoms with Gasteiger partial charge in [-0.2, -0.15) is 13.2 Å². The highest BCUT2D eigenvalue weighted by Crippen LogP contribution is 2.34. The van der Waals surface area contributed by atoms with E-state index in [0.29, 0.717) is 28.3 Å². The summed E-state index contributed by atoms with van der Waals surface area (Å²) in [6.07, 6.45) is -2.93. The molecule has 33 heavy (non-hydrogen) atoms. The number of hydrogen-bond donors (Lipinski definition) is 1. The largest absolute Gasteiger partial charge is 0.485 e. The Kier molecular flexibility index (Phi) is 8.04. The first kappa shape index (κ1) is 24.7. The third-order valence-corrected chi connectivity index (χ3v) is 5.64. The molecule has 2 aromatic carbocycles. The molecule has 174 valence electrons. The van der Waals surface area contributed by atoms with Gasteiger partial charge in [-0.3, -0.25) is 9.36 Å². The molecule has 0 radical (unpaired) electrons. The van der Waals surface area contributed by atoms with E-state index < -0.39 is 17.6 Å². The molecule has 0 aliphatic heterocycles. The molecule has 1 aromatic heterocycles. The molecule has 0 aliphatic rings. The molecule has 0 saturated carbocycles. The van der Waals surface area contributed by atoms with Gasteiger partial charge in [-0.05, 0) is 42.8 Å². The molecule has 3 aromatic rings. The summed E-state index contributed by atoms with van der Waals surface area (Å²) in [5, 5.41) is 11.5. The highest BCUT2D eigenvalue weighted by Gasteiger charge is 2.33. The average molecular weight is 497 g/mol. The lowest BCUT2D eigenvalue weighted by molar-refractivity contribution is -0.137. The highest BCUT2D eigenvalue weighted by molar-refractivity contribution is 7.99. The van der Waals surface area contributed by atoms with Crippen LogP contribution in [-0.4, -0.2) is 26.4 Å². The topological polar surface area (TPSA) is 69.0 Å². The fourth-order valence-electron chi connectivity index (χ4n) is 2.92. The molecule has 3 rings (SSSR count). The van der Waals surface area contributed by atoms with Crippen LogP contribution in [0.1, 0.15) is 17.0 Å². The highest BCUT2D eigenvalue weighted by atomic mass is 35.5. The maximum Gasteiger partial charge on any atom is 0.418 e. The molecule has 0 atom stereocenters. The van der Waals surface area contributed by atoms with Crippen molar-refractivity contribution in [2.45, 2.75) is 31.4 Å². The molecule has 0 saturated heterocycles. The van der Waals surface area contributed by atoms with E-state index in [1.165, 1.54) is 18.2 Å². The van der Waals surface area contributed by atoms with Crippen LogP contribution in [0.15, 0.2) is 60.3 Å². The van der Waals surface area contributed by atoms with Crippen molar-refractivity contribution in [1.29, 1.82) is 0 Å². The smallest absolute Gasteiger partial charge is 0.418 e. The van der Waals surface area contributed by atoms with E-state index in [1.54, 1.807) is 28.8 Å². The Bertz CT molecular complexity index is 1150. The molecule has 6 nitrogen and oxygen atoms in total. The lowest BCUT2D eigenvalue weighted by atomic mass is 10.1. The van der Waals surface area contributed by atoms with Crippen molar-refractivity contribution in [3.8, 4) is 5.75 Å². The van der Waals surface area contributed by atoms with E-state index in [9.17, 15) is 18.0 Å². The second-order valence-corrected chi connectivity index (χ2v) is 8.26. The lowest BCUT2D eigenvalue weighted by Gasteiger charge is -2.13. The number of thioether (sulfide) groups is 1. The quantitative estimate of drug-likeness (QED) is 0.301. The first-order valence-electron chi connectivity index (χ1n) is 9.70. The number of ether oxygens (including phenoxy) is 1. The van der Waals surface area contributed by atoms with Crippen LogP contribution in [0.3, 0.4) is 0 Å². The lowest BCUT2D eigenvalue weighted by Crippen LogP contribution is -2.18. The number of benzene rings is 2. The summed E-state index contributed by atoms with van der Waals surface area (Å²) >= 11 is 7.01. The van der Waals surface area contributed by atoms with Gasteiger partial charge in [0.1, 0.15) is 12.4 Å². The molecule has 0 spiro atoms. The Morgan fingerprint density at radius 2 is 2.03 bits per heavy atom. The summed E-state index contributed by atoms with van der Waals surface area (Å²) in [7, 11) is 0. The zero-order valence-electron chi connectivity index (χ0n) is 17.5. The van der Waals surface area contributed by atoms with E-state index in [-0.39, 0.29) is 18.0 Å². The number of aryl methyl sites for hydroxylation is 1. The zero-order valence-corrected chi connectivity index (χ0v) is 19.1. The Labute approximate surface area is 197 Å². The Morgan fingerprint density at radius 3 is 2.73 bits per heavy atom. The number of para-hydroxylation sites is 1. The number of alkyl halides is 3. The third-order valence-electron chi connectivity index (χ3n) is 4.44. The molecule has 0 unspecified atom stereocenters. The number of carbonyl (C=O) groups excluding carboxylic acids is 1. The summed E-state index contributed by atoms with van der Waals surface area (Å²) < 4.78 is 46.9. The minimum atomic E-state index is -4.57. The van der Waals surface area contributed by atoms with Crippen LogP contribution >= 0.6 is 23.4 Å². The van der Waals surface area contributed by atoms with Crippen molar-refractivity contribution in [3.63, 3.8) is 0 Å². The molecule has 0 bridgehead atoms. The molecule has 0 fully saturated rings. The molecular weight excluding hydrogens is 477 g/mol. The van der Waals surface area contributed by atoms with Crippen LogP contribution in [0.25, 0.3) is 0 Å². The first-order chi connectivity index (χ1) is 15.7. The standard InChI is InChI=1S/C22H20ClF3N4O2S/c1-3-10-30-19(12-32-18-9-8-15(23)11-14(18)2)28-29-21(30)33-13-20(31)27-17-7-5-4-6-16(17)22(24,25)26/h3-9,11H,1,10,12-13H2,2H3,(H,27,31). The minimum absolute atomic E-state index is 0.120. The second-order valence-electron chi connectivity index (χ2n) is 6.88. The third kappa shape index (κ3) is 6.52. The van der Waals surface area contributed by atoms with Crippen LogP contribution in [0.4, 0.5) is 18.9 Å². The van der Waals surface area contributed by atoms with E-state index in [4.69, 9.17) is 16.3 Å².